The molecule has 10 heteroatoms. The topological polar surface area (TPSA) is 150 Å². The Hall–Kier alpha value is -1.94. The molecular weight excluding hydrogens is 342 g/mol. The van der Waals surface area contributed by atoms with E-state index in [4.69, 9.17) is 11.5 Å². The smallest absolute Gasteiger partial charge is 0.280 e. The summed E-state index contributed by atoms with van der Waals surface area (Å²) in [7, 11) is -7.67. The van der Waals surface area contributed by atoms with Crippen LogP contribution < -0.4 is 11.5 Å². The highest BCUT2D eigenvalue weighted by Gasteiger charge is 2.26. The average Bonchev–Trinajstić information content (AvgIpc) is 2.35. The van der Waals surface area contributed by atoms with Crippen molar-refractivity contribution in [1.29, 1.82) is 0 Å². The van der Waals surface area contributed by atoms with Crippen molar-refractivity contribution in [2.24, 2.45) is 16.5 Å². The lowest BCUT2D eigenvalue weighted by Gasteiger charge is -2.12. The van der Waals surface area contributed by atoms with E-state index in [0.29, 0.717) is 6.42 Å². The van der Waals surface area contributed by atoms with Crippen LogP contribution in [0.15, 0.2) is 26.9 Å². The number of hydrogen-bond donors (Lipinski definition) is 2. The second-order valence-corrected chi connectivity index (χ2v) is 9.11. The normalized spacial score (nSPS) is 12.0. The van der Waals surface area contributed by atoms with Gasteiger partial charge in [-0.25, -0.2) is 16.8 Å². The Labute approximate surface area is 135 Å². The molecule has 1 amide bonds. The number of carbonyl (C=O) groups is 1. The van der Waals surface area contributed by atoms with Gasteiger partial charge in [0.15, 0.2) is 25.6 Å². The molecule has 0 fully saturated rings. The number of benzene rings is 1. The van der Waals surface area contributed by atoms with Gasteiger partial charge in [-0.15, -0.1) is 0 Å². The highest BCUT2D eigenvalue weighted by Crippen LogP contribution is 2.27. The summed E-state index contributed by atoms with van der Waals surface area (Å²) < 4.78 is 48.5. The molecule has 0 spiro atoms. The molecule has 0 radical (unpaired) electrons. The van der Waals surface area contributed by atoms with E-state index in [2.05, 4.69) is 4.99 Å². The zero-order chi connectivity index (χ0) is 18.0. The van der Waals surface area contributed by atoms with Gasteiger partial charge in [0.2, 0.25) is 0 Å². The van der Waals surface area contributed by atoms with E-state index in [9.17, 15) is 21.6 Å². The minimum absolute atomic E-state index is 0.0747. The number of carbonyl (C=O) groups excluding carboxylic acids is 1. The van der Waals surface area contributed by atoms with Crippen LogP contribution in [0.1, 0.15) is 29.3 Å². The molecule has 0 bridgehead atoms. The Balaban J connectivity index is 3.75. The lowest BCUT2D eigenvalue weighted by atomic mass is 10.1. The Morgan fingerprint density at radius 2 is 1.70 bits per heavy atom. The standard InChI is InChI=1S/C13H19N3O5S2/c1-4-5-23(20,21)11-6-8(2)9(12(17)16-13(14)15)7-10(11)22(3,18)19/h6-7H,4-5H2,1-3H3,(H4,14,15,16,17). The molecule has 0 aliphatic carbocycles. The van der Waals surface area contributed by atoms with Gasteiger partial charge in [0.1, 0.15) is 0 Å². The molecule has 1 aromatic rings. The second kappa shape index (κ2) is 6.67. The van der Waals surface area contributed by atoms with Gasteiger partial charge in [0, 0.05) is 11.8 Å². The van der Waals surface area contributed by atoms with Gasteiger partial charge >= 0.3 is 0 Å². The summed E-state index contributed by atoms with van der Waals surface area (Å²) in [5.74, 6) is -1.51. The van der Waals surface area contributed by atoms with Crippen LogP contribution in [0.3, 0.4) is 0 Å². The number of sulfone groups is 2. The van der Waals surface area contributed by atoms with E-state index in [0.717, 1.165) is 18.4 Å². The first kappa shape index (κ1) is 19.1. The van der Waals surface area contributed by atoms with Crippen molar-refractivity contribution in [2.45, 2.75) is 30.1 Å². The summed E-state index contributed by atoms with van der Waals surface area (Å²) in [6, 6.07) is 2.17. The maximum atomic E-state index is 12.3. The summed E-state index contributed by atoms with van der Waals surface area (Å²) in [5.41, 5.74) is 10.5. The van der Waals surface area contributed by atoms with Crippen molar-refractivity contribution in [1.82, 2.24) is 0 Å². The minimum Gasteiger partial charge on any atom is -0.370 e. The van der Waals surface area contributed by atoms with Crippen LogP contribution in [0, 0.1) is 6.92 Å². The second-order valence-electron chi connectivity index (χ2n) is 5.05. The average molecular weight is 361 g/mol. The van der Waals surface area contributed by atoms with Gasteiger partial charge in [-0.2, -0.15) is 4.99 Å². The molecule has 4 N–H and O–H groups in total. The first-order chi connectivity index (χ1) is 10.4. The van der Waals surface area contributed by atoms with Crippen LogP contribution in [-0.4, -0.2) is 40.7 Å². The lowest BCUT2D eigenvalue weighted by molar-refractivity contribution is 0.100. The van der Waals surface area contributed by atoms with Crippen molar-refractivity contribution >= 4 is 31.5 Å². The molecule has 0 aliphatic rings. The molecule has 0 heterocycles. The van der Waals surface area contributed by atoms with Gasteiger partial charge in [0.25, 0.3) is 5.91 Å². The van der Waals surface area contributed by atoms with Crippen molar-refractivity contribution in [2.75, 3.05) is 12.0 Å². The fourth-order valence-electron chi connectivity index (χ4n) is 1.98. The number of aliphatic imine (C=N–C) groups is 1. The third kappa shape index (κ3) is 4.52. The highest BCUT2D eigenvalue weighted by atomic mass is 32.2. The van der Waals surface area contributed by atoms with Gasteiger partial charge < -0.3 is 11.5 Å². The van der Waals surface area contributed by atoms with E-state index in [1.807, 2.05) is 0 Å². The zero-order valence-electron chi connectivity index (χ0n) is 13.0. The molecule has 128 valence electrons. The third-order valence-corrected chi connectivity index (χ3v) is 6.18. The summed E-state index contributed by atoms with van der Waals surface area (Å²) in [6.07, 6.45) is 1.21. The minimum atomic E-state index is -3.88. The highest BCUT2D eigenvalue weighted by molar-refractivity contribution is 7.94. The van der Waals surface area contributed by atoms with Gasteiger partial charge in [-0.05, 0) is 31.0 Å². The Kier molecular flexibility index (Phi) is 5.54. The Morgan fingerprint density at radius 1 is 1.13 bits per heavy atom. The first-order valence-corrected chi connectivity index (χ1v) is 10.2. The van der Waals surface area contributed by atoms with Crippen molar-refractivity contribution in [3.05, 3.63) is 23.3 Å². The summed E-state index contributed by atoms with van der Waals surface area (Å²) in [4.78, 5) is 14.5. The monoisotopic (exact) mass is 361 g/mol. The maximum Gasteiger partial charge on any atom is 0.280 e. The number of nitrogens with zero attached hydrogens (tertiary/aromatic N) is 1. The van der Waals surface area contributed by atoms with Crippen LogP contribution >= 0.6 is 0 Å². The predicted molar refractivity (Wildman–Crippen MR) is 86.8 cm³/mol. The summed E-state index contributed by atoms with van der Waals surface area (Å²) in [6.45, 7) is 3.15. The molecule has 0 aliphatic heterocycles. The van der Waals surface area contributed by atoms with Crippen LogP contribution in [0.25, 0.3) is 0 Å². The molecule has 0 saturated heterocycles. The van der Waals surface area contributed by atoms with Crippen molar-refractivity contribution in [3.63, 3.8) is 0 Å². The Bertz CT molecular complexity index is 867. The fraction of sp³-hybridized carbons (Fsp3) is 0.385. The van der Waals surface area contributed by atoms with Crippen molar-refractivity contribution < 1.29 is 21.6 Å². The van der Waals surface area contributed by atoms with Crippen LogP contribution in [0.2, 0.25) is 0 Å². The number of guanidine groups is 1. The van der Waals surface area contributed by atoms with Gasteiger partial charge in [-0.3, -0.25) is 4.79 Å². The first-order valence-electron chi connectivity index (χ1n) is 6.61. The number of amides is 1. The van der Waals surface area contributed by atoms with E-state index in [1.54, 1.807) is 6.92 Å². The molecule has 0 atom stereocenters. The SMILES string of the molecule is CCCS(=O)(=O)c1cc(C)c(C(=O)N=C(N)N)cc1S(C)(=O)=O. The molecule has 23 heavy (non-hydrogen) atoms. The Morgan fingerprint density at radius 3 is 2.13 bits per heavy atom. The molecule has 1 aromatic carbocycles. The van der Waals surface area contributed by atoms with E-state index < -0.39 is 36.4 Å². The third-order valence-electron chi connectivity index (χ3n) is 2.96. The maximum absolute atomic E-state index is 12.3. The molecule has 1 rings (SSSR count). The molecule has 0 saturated carbocycles. The van der Waals surface area contributed by atoms with Crippen LogP contribution in [0.4, 0.5) is 0 Å². The molecule has 8 nitrogen and oxygen atoms in total. The fourth-order valence-corrected chi connectivity index (χ4v) is 5.05. The number of hydrogen-bond acceptors (Lipinski definition) is 5. The number of rotatable bonds is 5. The van der Waals surface area contributed by atoms with Crippen molar-refractivity contribution in [3.8, 4) is 0 Å². The van der Waals surface area contributed by atoms with Crippen LogP contribution in [-0.2, 0) is 19.7 Å². The van der Waals surface area contributed by atoms with E-state index in [-0.39, 0.29) is 21.8 Å². The van der Waals surface area contributed by atoms with E-state index >= 15 is 0 Å². The summed E-state index contributed by atoms with van der Waals surface area (Å²) in [5, 5.41) is 0. The molecule has 0 unspecified atom stereocenters. The van der Waals surface area contributed by atoms with Gasteiger partial charge in [0.05, 0.1) is 15.5 Å². The lowest BCUT2D eigenvalue weighted by Crippen LogP contribution is -2.24. The summed E-state index contributed by atoms with van der Waals surface area (Å²) >= 11 is 0. The van der Waals surface area contributed by atoms with Crippen LogP contribution in [0.5, 0.6) is 0 Å². The largest absolute Gasteiger partial charge is 0.370 e. The predicted octanol–water partition coefficient (Wildman–Crippen LogP) is -0.00418. The van der Waals surface area contributed by atoms with E-state index in [1.165, 1.54) is 6.92 Å². The zero-order valence-corrected chi connectivity index (χ0v) is 14.7. The van der Waals surface area contributed by atoms with Gasteiger partial charge in [-0.1, -0.05) is 6.92 Å². The number of aryl methyl sites for hydroxylation is 1. The quantitative estimate of drug-likeness (QED) is 0.553. The molecular formula is C13H19N3O5S2. The molecule has 0 aromatic heterocycles. The number of nitrogens with two attached hydrogens (primary N) is 2.